The van der Waals surface area contributed by atoms with E-state index in [-0.39, 0.29) is 75.2 Å². The molecule has 212 valence electrons. The van der Waals surface area contributed by atoms with Crippen LogP contribution < -0.4 is 0 Å². The van der Waals surface area contributed by atoms with E-state index in [1.54, 1.807) is 0 Å². The molecule has 2 fully saturated rings. The standard InChI is InChI=1S/C16H20NO8.C8H14O5/c1-21-15(18)7-13-8-24-14(9-23-13)10-25-16(19)11-3-5-12(6-4-11)17(20)22-2;1-11-8(10)2-6-4-13-7(3-9)5-12-6/h3-6,13-14H,7-10H2,1-2H3;6-7,9H,2-5H2,1H3/q+1;/t13-,14?;6-,7?/m00/s1. The fraction of sp³-hybridized carbons (Fsp3) is 0.625. The fourth-order valence-corrected chi connectivity index (χ4v) is 3.22. The smallest absolute Gasteiger partial charge is 0.338 e. The number of esters is 3. The van der Waals surface area contributed by atoms with E-state index in [1.165, 1.54) is 45.6 Å². The lowest BCUT2D eigenvalue weighted by Crippen LogP contribution is -2.39. The van der Waals surface area contributed by atoms with E-state index in [1.807, 2.05) is 0 Å². The summed E-state index contributed by atoms with van der Waals surface area (Å²) in [5.74, 6) is -1.22. The molecular weight excluding hydrogens is 510 g/mol. The zero-order valence-electron chi connectivity index (χ0n) is 21.6. The first-order valence-corrected chi connectivity index (χ1v) is 11.8. The number of nitrogens with zero attached hydrogens (tertiary/aromatic N) is 1. The predicted octanol–water partition coefficient (Wildman–Crippen LogP) is 0.488. The molecule has 4 atom stereocenters. The number of aliphatic hydroxyl groups excluding tert-OH is 1. The van der Waals surface area contributed by atoms with Crippen molar-refractivity contribution in [2.45, 2.75) is 37.3 Å². The van der Waals surface area contributed by atoms with Gasteiger partial charge in [-0.2, -0.15) is 0 Å². The summed E-state index contributed by atoms with van der Waals surface area (Å²) in [6.07, 6.45) is -0.933. The first kappa shape index (κ1) is 31.1. The molecule has 2 heterocycles. The maximum atomic E-state index is 12.0. The number of hydrogen-bond donors (Lipinski definition) is 1. The molecule has 1 aromatic rings. The Hall–Kier alpha value is -3.17. The number of benzene rings is 1. The number of aliphatic hydroxyl groups is 1. The Balaban J connectivity index is 0.000000328. The summed E-state index contributed by atoms with van der Waals surface area (Å²) in [6, 6.07) is 5.83. The zero-order chi connectivity index (χ0) is 27.9. The van der Waals surface area contributed by atoms with Crippen LogP contribution in [0.15, 0.2) is 24.3 Å². The Labute approximate surface area is 219 Å². The van der Waals surface area contributed by atoms with Gasteiger partial charge in [-0.05, 0) is 12.1 Å². The number of rotatable bonds is 10. The predicted molar refractivity (Wildman–Crippen MR) is 126 cm³/mol. The van der Waals surface area contributed by atoms with Gasteiger partial charge in [0.2, 0.25) is 0 Å². The number of methoxy groups -OCH3 is 2. The van der Waals surface area contributed by atoms with Crippen LogP contribution in [0.5, 0.6) is 0 Å². The van der Waals surface area contributed by atoms with Gasteiger partial charge in [0.1, 0.15) is 18.8 Å². The van der Waals surface area contributed by atoms with Gasteiger partial charge in [0, 0.05) is 12.1 Å². The molecule has 14 heteroatoms. The van der Waals surface area contributed by atoms with Gasteiger partial charge in [-0.3, -0.25) is 9.59 Å². The summed E-state index contributed by atoms with van der Waals surface area (Å²) < 4.78 is 35.7. The quantitative estimate of drug-likeness (QED) is 0.246. The van der Waals surface area contributed by atoms with Crippen LogP contribution in [0.3, 0.4) is 0 Å². The van der Waals surface area contributed by atoms with Gasteiger partial charge in [-0.15, -0.1) is 0 Å². The van der Waals surface area contributed by atoms with Crippen LogP contribution >= 0.6 is 0 Å². The fourth-order valence-electron chi connectivity index (χ4n) is 3.22. The van der Waals surface area contributed by atoms with E-state index in [0.717, 1.165) is 0 Å². The number of hydrogen-bond acceptors (Lipinski definition) is 13. The maximum absolute atomic E-state index is 12.0. The van der Waals surface area contributed by atoms with E-state index >= 15 is 0 Å². The Morgan fingerprint density at radius 1 is 0.816 bits per heavy atom. The van der Waals surface area contributed by atoms with Gasteiger partial charge in [0.25, 0.3) is 4.92 Å². The van der Waals surface area contributed by atoms with Crippen molar-refractivity contribution < 1.29 is 62.4 Å². The highest BCUT2D eigenvalue weighted by Gasteiger charge is 2.26. The molecule has 14 nitrogen and oxygen atoms in total. The van der Waals surface area contributed by atoms with Crippen molar-refractivity contribution in [3.8, 4) is 0 Å². The lowest BCUT2D eigenvalue weighted by atomic mass is 10.2. The highest BCUT2D eigenvalue weighted by molar-refractivity contribution is 5.89. The molecule has 0 aromatic heterocycles. The lowest BCUT2D eigenvalue weighted by Gasteiger charge is -2.28. The molecule has 1 N–H and O–H groups in total. The first-order valence-electron chi connectivity index (χ1n) is 11.8. The molecule has 38 heavy (non-hydrogen) atoms. The minimum Gasteiger partial charge on any atom is -0.469 e. The third-order valence-corrected chi connectivity index (χ3v) is 5.40. The highest BCUT2D eigenvalue weighted by atomic mass is 16.8. The normalized spacial score (nSPS) is 22.7. The van der Waals surface area contributed by atoms with E-state index in [0.29, 0.717) is 23.7 Å². The Bertz CT molecular complexity index is 891. The van der Waals surface area contributed by atoms with Gasteiger partial charge < -0.3 is 38.3 Å². The minimum absolute atomic E-state index is 0.0251. The Morgan fingerprint density at radius 3 is 1.71 bits per heavy atom. The summed E-state index contributed by atoms with van der Waals surface area (Å²) in [5, 5.41) is 8.71. The van der Waals surface area contributed by atoms with Gasteiger partial charge in [0.15, 0.2) is 7.11 Å². The molecular formula is C24H34NO13+. The van der Waals surface area contributed by atoms with Crippen LogP contribution in [0.2, 0.25) is 0 Å². The minimum atomic E-state index is -0.540. The van der Waals surface area contributed by atoms with E-state index < -0.39 is 12.1 Å². The average molecular weight is 545 g/mol. The van der Waals surface area contributed by atoms with Gasteiger partial charge in [-0.25, -0.2) is 9.63 Å². The number of ether oxygens (including phenoxy) is 7. The second-order valence-corrected chi connectivity index (χ2v) is 8.15. The third kappa shape index (κ3) is 10.7. The van der Waals surface area contributed by atoms with Crippen LogP contribution in [-0.4, -0.2) is 113 Å². The zero-order valence-corrected chi connectivity index (χ0v) is 21.6. The molecule has 0 amide bonds. The summed E-state index contributed by atoms with van der Waals surface area (Å²) in [6.45, 7) is 1.08. The van der Waals surface area contributed by atoms with Gasteiger partial charge >= 0.3 is 23.6 Å². The van der Waals surface area contributed by atoms with Crippen LogP contribution in [0.25, 0.3) is 0 Å². The molecule has 2 aliphatic rings. The molecule has 2 aliphatic heterocycles. The Kier molecular flexibility index (Phi) is 13.6. The maximum Gasteiger partial charge on any atom is 0.338 e. The van der Waals surface area contributed by atoms with Crippen LogP contribution in [0, 0.1) is 4.91 Å². The molecule has 0 saturated carbocycles. The summed E-state index contributed by atoms with van der Waals surface area (Å²) in [4.78, 5) is 50.1. The first-order chi connectivity index (χ1) is 18.3. The average Bonchev–Trinajstić information content (AvgIpc) is 2.96. The number of carbonyl (C=O) groups excluding carboxylic acids is 3. The van der Waals surface area contributed by atoms with Crippen molar-refractivity contribution in [2.24, 2.45) is 0 Å². The molecule has 2 saturated heterocycles. The van der Waals surface area contributed by atoms with Crippen molar-refractivity contribution >= 4 is 23.6 Å². The number of carbonyl (C=O) groups is 3. The van der Waals surface area contributed by atoms with Crippen molar-refractivity contribution in [1.82, 2.24) is 0 Å². The van der Waals surface area contributed by atoms with E-state index in [9.17, 15) is 19.3 Å². The largest absolute Gasteiger partial charge is 0.469 e. The molecule has 0 spiro atoms. The second-order valence-electron chi connectivity index (χ2n) is 8.15. The third-order valence-electron chi connectivity index (χ3n) is 5.40. The van der Waals surface area contributed by atoms with Crippen molar-refractivity contribution in [3.63, 3.8) is 0 Å². The van der Waals surface area contributed by atoms with Crippen LogP contribution in [0.4, 0.5) is 5.69 Å². The molecule has 3 rings (SSSR count). The van der Waals surface area contributed by atoms with Crippen LogP contribution in [-0.2, 0) is 47.6 Å². The van der Waals surface area contributed by atoms with Crippen LogP contribution in [0.1, 0.15) is 23.2 Å². The van der Waals surface area contributed by atoms with Gasteiger partial charge in [-0.1, -0.05) is 0 Å². The van der Waals surface area contributed by atoms with Crippen molar-refractivity contribution in [1.29, 1.82) is 0 Å². The summed E-state index contributed by atoms with van der Waals surface area (Å²) >= 11 is 0. The van der Waals surface area contributed by atoms with Crippen molar-refractivity contribution in [2.75, 3.05) is 61.0 Å². The van der Waals surface area contributed by atoms with E-state index in [4.69, 9.17) is 28.8 Å². The molecule has 0 radical (unpaired) electrons. The Morgan fingerprint density at radius 2 is 1.29 bits per heavy atom. The monoisotopic (exact) mass is 544 g/mol. The van der Waals surface area contributed by atoms with E-state index in [2.05, 4.69) is 14.3 Å². The molecule has 0 bridgehead atoms. The van der Waals surface area contributed by atoms with Crippen molar-refractivity contribution in [3.05, 3.63) is 34.7 Å². The second kappa shape index (κ2) is 16.6. The molecule has 2 unspecified atom stereocenters. The summed E-state index contributed by atoms with van der Waals surface area (Å²) in [7, 11) is 3.89. The molecule has 1 aromatic carbocycles. The topological polar surface area (TPSA) is 165 Å². The highest BCUT2D eigenvalue weighted by Crippen LogP contribution is 2.15. The summed E-state index contributed by atoms with van der Waals surface area (Å²) in [5.41, 5.74) is 0.563. The lowest BCUT2D eigenvalue weighted by molar-refractivity contribution is -0.736. The molecule has 0 aliphatic carbocycles. The SMILES string of the molecule is COC(=O)C[C@H]1COC(CO)CO1.COC(=O)C[C@H]1COC(COC(=O)c2ccc([N+](=O)OC)cc2)CO1. The van der Waals surface area contributed by atoms with Gasteiger partial charge in [0.05, 0.1) is 82.8 Å².